The summed E-state index contributed by atoms with van der Waals surface area (Å²) in [5.41, 5.74) is 3.51. The van der Waals surface area contributed by atoms with Crippen LogP contribution in [0.3, 0.4) is 0 Å². The molecule has 0 aliphatic carbocycles. The lowest BCUT2D eigenvalue weighted by molar-refractivity contribution is 0.336. The molecule has 0 unspecified atom stereocenters. The highest BCUT2D eigenvalue weighted by Gasteiger charge is 2.05. The van der Waals surface area contributed by atoms with E-state index in [0.717, 1.165) is 36.8 Å². The SMILES string of the molecule is CCOc1cc(C)ccc1CNC(=NC)NCCCn1cc(C)cn1. The summed E-state index contributed by atoms with van der Waals surface area (Å²) in [6.45, 7) is 9.19. The van der Waals surface area contributed by atoms with Crippen LogP contribution >= 0.6 is 0 Å². The van der Waals surface area contributed by atoms with Crippen LogP contribution in [0.25, 0.3) is 0 Å². The van der Waals surface area contributed by atoms with Crippen molar-refractivity contribution in [2.45, 2.75) is 40.3 Å². The van der Waals surface area contributed by atoms with Crippen molar-refractivity contribution in [3.8, 4) is 5.75 Å². The minimum absolute atomic E-state index is 0.663. The molecule has 0 aliphatic heterocycles. The van der Waals surface area contributed by atoms with Gasteiger partial charge in [0.25, 0.3) is 0 Å². The summed E-state index contributed by atoms with van der Waals surface area (Å²) in [5, 5.41) is 11.0. The summed E-state index contributed by atoms with van der Waals surface area (Å²) in [6, 6.07) is 6.27. The third-order valence-electron chi connectivity index (χ3n) is 3.81. The molecule has 0 saturated heterocycles. The normalized spacial score (nSPS) is 11.4. The van der Waals surface area contributed by atoms with Gasteiger partial charge in [-0.2, -0.15) is 5.10 Å². The van der Waals surface area contributed by atoms with E-state index in [9.17, 15) is 0 Å². The molecule has 6 heteroatoms. The number of aliphatic imine (C=N–C) groups is 1. The Hall–Kier alpha value is -2.50. The average molecular weight is 343 g/mol. The van der Waals surface area contributed by atoms with Crippen LogP contribution in [0.5, 0.6) is 5.75 Å². The van der Waals surface area contributed by atoms with Crippen LogP contribution in [-0.4, -0.2) is 35.9 Å². The molecular weight excluding hydrogens is 314 g/mol. The number of hydrogen-bond donors (Lipinski definition) is 2. The van der Waals surface area contributed by atoms with Crippen LogP contribution < -0.4 is 15.4 Å². The molecule has 0 saturated carbocycles. The predicted molar refractivity (Wildman–Crippen MR) is 102 cm³/mol. The zero-order chi connectivity index (χ0) is 18.1. The lowest BCUT2D eigenvalue weighted by Gasteiger charge is -2.15. The van der Waals surface area contributed by atoms with Gasteiger partial charge in [0, 0.05) is 38.4 Å². The molecular formula is C19H29N5O. The Balaban J connectivity index is 1.78. The summed E-state index contributed by atoms with van der Waals surface area (Å²) in [5.74, 6) is 1.72. The number of nitrogens with one attached hydrogen (secondary N) is 2. The highest BCUT2D eigenvalue weighted by molar-refractivity contribution is 5.79. The molecule has 0 atom stereocenters. The van der Waals surface area contributed by atoms with Crippen molar-refractivity contribution in [2.24, 2.45) is 4.99 Å². The van der Waals surface area contributed by atoms with Crippen LogP contribution in [-0.2, 0) is 13.1 Å². The van der Waals surface area contributed by atoms with Gasteiger partial charge in [0.1, 0.15) is 5.75 Å². The van der Waals surface area contributed by atoms with Gasteiger partial charge in [-0.25, -0.2) is 0 Å². The van der Waals surface area contributed by atoms with Gasteiger partial charge in [-0.15, -0.1) is 0 Å². The molecule has 136 valence electrons. The molecule has 1 aromatic carbocycles. The van der Waals surface area contributed by atoms with E-state index < -0.39 is 0 Å². The highest BCUT2D eigenvalue weighted by Crippen LogP contribution is 2.20. The van der Waals surface area contributed by atoms with Crippen LogP contribution in [0.2, 0.25) is 0 Å². The summed E-state index contributed by atoms with van der Waals surface area (Å²) < 4.78 is 7.69. The first kappa shape index (κ1) is 18.8. The lowest BCUT2D eigenvalue weighted by Crippen LogP contribution is -2.37. The van der Waals surface area contributed by atoms with Gasteiger partial charge in [0.15, 0.2) is 5.96 Å². The zero-order valence-corrected chi connectivity index (χ0v) is 15.7. The fraction of sp³-hybridized carbons (Fsp3) is 0.474. The number of ether oxygens (including phenoxy) is 1. The van der Waals surface area contributed by atoms with Crippen molar-refractivity contribution >= 4 is 5.96 Å². The summed E-state index contributed by atoms with van der Waals surface area (Å²) >= 11 is 0. The van der Waals surface area contributed by atoms with E-state index in [4.69, 9.17) is 4.74 Å². The Morgan fingerprint density at radius 2 is 2.08 bits per heavy atom. The van der Waals surface area contributed by atoms with Gasteiger partial charge >= 0.3 is 0 Å². The molecule has 0 amide bonds. The van der Waals surface area contributed by atoms with Crippen molar-refractivity contribution in [1.82, 2.24) is 20.4 Å². The van der Waals surface area contributed by atoms with Gasteiger partial charge in [-0.05, 0) is 44.4 Å². The third-order valence-corrected chi connectivity index (χ3v) is 3.81. The van der Waals surface area contributed by atoms with Crippen molar-refractivity contribution < 1.29 is 4.74 Å². The number of aromatic nitrogens is 2. The molecule has 0 aliphatic rings. The number of guanidine groups is 1. The Labute approximate surface area is 150 Å². The molecule has 2 N–H and O–H groups in total. The molecule has 25 heavy (non-hydrogen) atoms. The first-order chi connectivity index (χ1) is 12.1. The van der Waals surface area contributed by atoms with E-state index in [1.54, 1.807) is 7.05 Å². The molecule has 0 spiro atoms. The molecule has 6 nitrogen and oxygen atoms in total. The summed E-state index contributed by atoms with van der Waals surface area (Å²) in [7, 11) is 1.78. The topological polar surface area (TPSA) is 63.5 Å². The monoisotopic (exact) mass is 343 g/mol. The minimum Gasteiger partial charge on any atom is -0.494 e. The second-order valence-electron chi connectivity index (χ2n) is 6.03. The van der Waals surface area contributed by atoms with Crippen molar-refractivity contribution in [2.75, 3.05) is 20.2 Å². The first-order valence-corrected chi connectivity index (χ1v) is 8.78. The second kappa shape index (κ2) is 9.71. The van der Waals surface area contributed by atoms with E-state index in [2.05, 4.69) is 59.0 Å². The van der Waals surface area contributed by atoms with Crippen LogP contribution in [0.15, 0.2) is 35.6 Å². The number of aryl methyl sites for hydroxylation is 3. The Bertz CT molecular complexity index is 693. The van der Waals surface area contributed by atoms with Gasteiger partial charge in [0.2, 0.25) is 0 Å². The van der Waals surface area contributed by atoms with E-state index >= 15 is 0 Å². The first-order valence-electron chi connectivity index (χ1n) is 8.78. The number of nitrogens with zero attached hydrogens (tertiary/aromatic N) is 3. The second-order valence-corrected chi connectivity index (χ2v) is 6.03. The van der Waals surface area contributed by atoms with Crippen molar-refractivity contribution in [3.63, 3.8) is 0 Å². The van der Waals surface area contributed by atoms with E-state index in [0.29, 0.717) is 13.2 Å². The maximum atomic E-state index is 5.72. The van der Waals surface area contributed by atoms with Gasteiger partial charge in [-0.3, -0.25) is 9.67 Å². The predicted octanol–water partition coefficient (Wildman–Crippen LogP) is 2.65. The Morgan fingerprint density at radius 1 is 1.24 bits per heavy atom. The Kier molecular flexibility index (Phi) is 7.32. The zero-order valence-electron chi connectivity index (χ0n) is 15.7. The fourth-order valence-electron chi connectivity index (χ4n) is 2.53. The standard InChI is InChI=1S/C19H29N5O/c1-5-25-18-11-15(2)7-8-17(18)13-22-19(20-4)21-9-6-10-24-14-16(3)12-23-24/h7-8,11-12,14H,5-6,9-10,13H2,1-4H3,(H2,20,21,22). The maximum absolute atomic E-state index is 5.72. The van der Waals surface area contributed by atoms with Gasteiger partial charge < -0.3 is 15.4 Å². The fourth-order valence-corrected chi connectivity index (χ4v) is 2.53. The summed E-state index contributed by atoms with van der Waals surface area (Å²) in [4.78, 5) is 4.28. The van der Waals surface area contributed by atoms with Crippen molar-refractivity contribution in [3.05, 3.63) is 47.3 Å². The molecule has 2 aromatic rings. The minimum atomic E-state index is 0.663. The largest absolute Gasteiger partial charge is 0.494 e. The van der Waals surface area contributed by atoms with E-state index in [1.165, 1.54) is 11.1 Å². The van der Waals surface area contributed by atoms with Crippen LogP contribution in [0.1, 0.15) is 30.0 Å². The third kappa shape index (κ3) is 6.14. The van der Waals surface area contributed by atoms with Crippen molar-refractivity contribution in [1.29, 1.82) is 0 Å². The molecule has 2 rings (SSSR count). The molecule has 0 fully saturated rings. The number of rotatable bonds is 8. The maximum Gasteiger partial charge on any atom is 0.191 e. The van der Waals surface area contributed by atoms with Crippen LogP contribution in [0, 0.1) is 13.8 Å². The quantitative estimate of drug-likeness (QED) is 0.439. The highest BCUT2D eigenvalue weighted by atomic mass is 16.5. The number of benzene rings is 1. The van der Waals surface area contributed by atoms with Gasteiger partial charge in [-0.1, -0.05) is 12.1 Å². The molecule has 0 radical (unpaired) electrons. The van der Waals surface area contributed by atoms with E-state index in [-0.39, 0.29) is 0 Å². The smallest absolute Gasteiger partial charge is 0.191 e. The molecule has 1 heterocycles. The molecule has 0 bridgehead atoms. The average Bonchev–Trinajstić information content (AvgIpc) is 3.01. The lowest BCUT2D eigenvalue weighted by atomic mass is 10.1. The van der Waals surface area contributed by atoms with Gasteiger partial charge in [0.05, 0.1) is 12.8 Å². The molecule has 1 aromatic heterocycles. The summed E-state index contributed by atoms with van der Waals surface area (Å²) in [6.07, 6.45) is 4.92. The Morgan fingerprint density at radius 3 is 2.76 bits per heavy atom. The van der Waals surface area contributed by atoms with Crippen LogP contribution in [0.4, 0.5) is 0 Å². The van der Waals surface area contributed by atoms with E-state index in [1.807, 2.05) is 17.8 Å². The number of hydrogen-bond acceptors (Lipinski definition) is 3.